The second-order valence-corrected chi connectivity index (χ2v) is 6.33. The molecular formula is C19H23N5O. The van der Waals surface area contributed by atoms with E-state index in [1.54, 1.807) is 13.3 Å². The molecule has 0 radical (unpaired) electrons. The molecular weight excluding hydrogens is 314 g/mol. The molecule has 0 unspecified atom stereocenters. The van der Waals surface area contributed by atoms with Crippen molar-refractivity contribution in [2.45, 2.75) is 25.8 Å². The Balaban J connectivity index is 1.76. The highest BCUT2D eigenvalue weighted by molar-refractivity contribution is 6.09. The van der Waals surface area contributed by atoms with Crippen molar-refractivity contribution < 1.29 is 0 Å². The average Bonchev–Trinajstić information content (AvgIpc) is 3.04. The number of nitroso groups, excluding NO2 is 1. The minimum absolute atomic E-state index is 0.0259. The van der Waals surface area contributed by atoms with E-state index < -0.39 is 0 Å². The Kier molecular flexibility index (Phi) is 5.38. The number of aliphatic imine (C=N–C) groups is 1. The lowest BCUT2D eigenvalue weighted by Crippen LogP contribution is -2.31. The molecule has 0 saturated carbocycles. The molecule has 1 N–H and O–H groups in total. The molecule has 2 aromatic rings. The summed E-state index contributed by atoms with van der Waals surface area (Å²) in [7, 11) is 1.75. The van der Waals surface area contributed by atoms with E-state index >= 15 is 0 Å². The van der Waals surface area contributed by atoms with E-state index in [4.69, 9.17) is 0 Å². The topological polar surface area (TPSA) is 73.7 Å². The fraction of sp³-hybridized carbons (Fsp3) is 0.368. The van der Waals surface area contributed by atoms with Crippen molar-refractivity contribution >= 4 is 22.8 Å². The molecule has 6 heteroatoms. The van der Waals surface area contributed by atoms with Gasteiger partial charge in [0.1, 0.15) is 5.82 Å². The Hall–Kier alpha value is -2.76. The zero-order valence-electron chi connectivity index (χ0n) is 14.6. The van der Waals surface area contributed by atoms with Gasteiger partial charge in [-0.2, -0.15) is 4.91 Å². The Labute approximate surface area is 147 Å². The van der Waals surface area contributed by atoms with Crippen LogP contribution >= 0.6 is 0 Å². The number of aromatic nitrogens is 2. The lowest BCUT2D eigenvalue weighted by Gasteiger charge is -2.27. The third-order valence-electron chi connectivity index (χ3n) is 4.40. The number of aromatic amines is 1. The molecule has 130 valence electrons. The number of nitrogens with zero attached hydrogens (tertiary/aromatic N) is 4. The SMILES string of the molecule is C\N=C/C(=C\C=C\N1CCC(N=O)CC1)c1nc2cc(C)ccc2[nH]1. The molecule has 3 rings (SSSR count). The molecule has 1 saturated heterocycles. The molecule has 0 atom stereocenters. The van der Waals surface area contributed by atoms with Crippen LogP contribution in [0.1, 0.15) is 24.2 Å². The number of H-pyrrole nitrogens is 1. The second kappa shape index (κ2) is 7.88. The van der Waals surface area contributed by atoms with E-state index in [1.165, 1.54) is 5.56 Å². The van der Waals surface area contributed by atoms with Crippen LogP contribution in [0, 0.1) is 11.8 Å². The fourth-order valence-electron chi connectivity index (χ4n) is 2.98. The minimum atomic E-state index is -0.0259. The van der Waals surface area contributed by atoms with Gasteiger partial charge in [-0.15, -0.1) is 0 Å². The standard InChI is InChI=1S/C19H23N5O/c1-14-5-6-17-18(12-14)22-19(21-17)15(13-20-2)4-3-9-24-10-7-16(23-25)8-11-24/h3-6,9,12-13,16H,7-8,10-11H2,1-2H3,(H,21,22)/b9-3+,15-4+,20-13-. The summed E-state index contributed by atoms with van der Waals surface area (Å²) < 4.78 is 0. The van der Waals surface area contributed by atoms with Crippen LogP contribution < -0.4 is 0 Å². The summed E-state index contributed by atoms with van der Waals surface area (Å²) in [5, 5.41) is 3.14. The maximum atomic E-state index is 10.6. The third kappa shape index (κ3) is 4.21. The van der Waals surface area contributed by atoms with Gasteiger partial charge in [-0.25, -0.2) is 4.98 Å². The number of hydrogen-bond donors (Lipinski definition) is 1. The van der Waals surface area contributed by atoms with Crippen LogP contribution in [0.15, 0.2) is 46.7 Å². The van der Waals surface area contributed by atoms with Crippen molar-refractivity contribution in [2.75, 3.05) is 20.1 Å². The normalized spacial score (nSPS) is 17.2. The number of piperidine rings is 1. The number of allylic oxidation sites excluding steroid dienone is 3. The highest BCUT2D eigenvalue weighted by Crippen LogP contribution is 2.18. The van der Waals surface area contributed by atoms with Crippen LogP contribution in [0.2, 0.25) is 0 Å². The maximum absolute atomic E-state index is 10.6. The summed E-state index contributed by atoms with van der Waals surface area (Å²) >= 11 is 0. The van der Waals surface area contributed by atoms with Crippen molar-refractivity contribution in [1.82, 2.24) is 14.9 Å². The quantitative estimate of drug-likeness (QED) is 0.513. The molecule has 1 aliphatic rings. The van der Waals surface area contributed by atoms with Crippen molar-refractivity contribution in [3.05, 3.63) is 52.8 Å². The first-order valence-corrected chi connectivity index (χ1v) is 8.53. The Morgan fingerprint density at radius 2 is 2.16 bits per heavy atom. The number of fused-ring (bicyclic) bond motifs is 1. The monoisotopic (exact) mass is 337 g/mol. The molecule has 2 heterocycles. The summed E-state index contributed by atoms with van der Waals surface area (Å²) in [6.07, 6.45) is 9.51. The maximum Gasteiger partial charge on any atom is 0.140 e. The molecule has 1 aromatic carbocycles. The van der Waals surface area contributed by atoms with Crippen molar-refractivity contribution in [3.8, 4) is 0 Å². The molecule has 0 amide bonds. The average molecular weight is 337 g/mol. The van der Waals surface area contributed by atoms with Crippen LogP contribution in [0.25, 0.3) is 16.6 Å². The van der Waals surface area contributed by atoms with E-state index in [0.29, 0.717) is 0 Å². The van der Waals surface area contributed by atoms with E-state index in [-0.39, 0.29) is 6.04 Å². The lowest BCUT2D eigenvalue weighted by molar-refractivity contribution is 0.285. The molecule has 6 nitrogen and oxygen atoms in total. The molecule has 1 aliphatic heterocycles. The Morgan fingerprint density at radius 1 is 1.36 bits per heavy atom. The van der Waals surface area contributed by atoms with Gasteiger partial charge in [0.15, 0.2) is 0 Å². The molecule has 0 bridgehead atoms. The number of likely N-dealkylation sites (tertiary alicyclic amines) is 1. The number of imidazole rings is 1. The zero-order valence-corrected chi connectivity index (χ0v) is 14.6. The number of aryl methyl sites for hydroxylation is 1. The summed E-state index contributed by atoms with van der Waals surface area (Å²) in [6.45, 7) is 3.79. The van der Waals surface area contributed by atoms with Gasteiger partial charge in [0.2, 0.25) is 0 Å². The second-order valence-electron chi connectivity index (χ2n) is 6.33. The minimum Gasteiger partial charge on any atom is -0.377 e. The van der Waals surface area contributed by atoms with Crippen molar-refractivity contribution in [3.63, 3.8) is 0 Å². The largest absolute Gasteiger partial charge is 0.377 e. The first kappa shape index (κ1) is 17.1. The summed E-state index contributed by atoms with van der Waals surface area (Å²) in [5.41, 5.74) is 4.09. The first-order chi connectivity index (χ1) is 12.2. The molecule has 25 heavy (non-hydrogen) atoms. The first-order valence-electron chi connectivity index (χ1n) is 8.53. The van der Waals surface area contributed by atoms with Gasteiger partial charge in [0.05, 0.1) is 17.1 Å². The van der Waals surface area contributed by atoms with Gasteiger partial charge in [-0.3, -0.25) is 4.99 Å². The van der Waals surface area contributed by atoms with Crippen molar-refractivity contribution in [2.24, 2.45) is 10.2 Å². The molecule has 0 aliphatic carbocycles. The van der Waals surface area contributed by atoms with Crippen LogP contribution in [-0.4, -0.2) is 47.3 Å². The van der Waals surface area contributed by atoms with Crippen LogP contribution in [0.3, 0.4) is 0 Å². The molecule has 0 spiro atoms. The fourth-order valence-corrected chi connectivity index (χ4v) is 2.98. The summed E-state index contributed by atoms with van der Waals surface area (Å²) in [5.74, 6) is 0.805. The third-order valence-corrected chi connectivity index (χ3v) is 4.40. The highest BCUT2D eigenvalue weighted by atomic mass is 16.3. The highest BCUT2D eigenvalue weighted by Gasteiger charge is 2.16. The molecule has 1 aromatic heterocycles. The summed E-state index contributed by atoms with van der Waals surface area (Å²) in [6, 6.07) is 6.15. The van der Waals surface area contributed by atoms with Crippen LogP contribution in [0.4, 0.5) is 0 Å². The van der Waals surface area contributed by atoms with Gasteiger partial charge in [0, 0.05) is 31.9 Å². The van der Waals surface area contributed by atoms with Crippen LogP contribution in [0.5, 0.6) is 0 Å². The summed E-state index contributed by atoms with van der Waals surface area (Å²) in [4.78, 5) is 24.9. The van der Waals surface area contributed by atoms with Gasteiger partial charge in [0.25, 0.3) is 0 Å². The Morgan fingerprint density at radius 3 is 2.88 bits per heavy atom. The zero-order chi connectivity index (χ0) is 17.6. The van der Waals surface area contributed by atoms with Gasteiger partial charge < -0.3 is 9.88 Å². The number of hydrogen-bond acceptors (Lipinski definition) is 5. The van der Waals surface area contributed by atoms with Crippen LogP contribution in [-0.2, 0) is 0 Å². The van der Waals surface area contributed by atoms with Gasteiger partial charge in [-0.1, -0.05) is 11.2 Å². The number of nitrogens with one attached hydrogen (secondary N) is 1. The smallest absolute Gasteiger partial charge is 0.140 e. The predicted octanol–water partition coefficient (Wildman–Crippen LogP) is 3.70. The lowest BCUT2D eigenvalue weighted by atomic mass is 10.1. The van der Waals surface area contributed by atoms with E-state index in [1.807, 2.05) is 18.2 Å². The van der Waals surface area contributed by atoms with E-state index in [0.717, 1.165) is 48.4 Å². The van der Waals surface area contributed by atoms with Crippen molar-refractivity contribution in [1.29, 1.82) is 0 Å². The Bertz CT molecular complexity index is 825. The van der Waals surface area contributed by atoms with Gasteiger partial charge >= 0.3 is 0 Å². The predicted molar refractivity (Wildman–Crippen MR) is 103 cm³/mol. The van der Waals surface area contributed by atoms with E-state index in [2.05, 4.69) is 50.3 Å². The molecule has 1 fully saturated rings. The van der Waals surface area contributed by atoms with Gasteiger partial charge in [-0.05, 0) is 55.8 Å². The number of rotatable bonds is 5. The van der Waals surface area contributed by atoms with E-state index in [9.17, 15) is 4.91 Å². The number of benzene rings is 1.